The van der Waals surface area contributed by atoms with Crippen molar-refractivity contribution in [3.05, 3.63) is 57.0 Å². The van der Waals surface area contributed by atoms with E-state index in [4.69, 9.17) is 21.1 Å². The second-order valence-electron chi connectivity index (χ2n) is 4.60. The molecule has 3 rings (SSSR count). The van der Waals surface area contributed by atoms with Gasteiger partial charge in [0.15, 0.2) is 6.61 Å². The Kier molecular flexibility index (Phi) is 5.15. The SMILES string of the molecule is O=C(COc1ccc(Cl)cc1Br)OCc1nc2ccccc2s1. The second kappa shape index (κ2) is 7.29. The molecule has 0 atom stereocenters. The Hall–Kier alpha value is -1.63. The fourth-order valence-corrected chi connectivity index (χ4v) is 3.57. The van der Waals surface area contributed by atoms with Crippen molar-refractivity contribution in [3.63, 3.8) is 0 Å². The van der Waals surface area contributed by atoms with Gasteiger partial charge in [0.25, 0.3) is 0 Å². The minimum absolute atomic E-state index is 0.142. The number of hydrogen-bond donors (Lipinski definition) is 0. The molecule has 118 valence electrons. The molecule has 2 aromatic carbocycles. The van der Waals surface area contributed by atoms with E-state index >= 15 is 0 Å². The molecule has 0 spiro atoms. The number of ether oxygens (including phenoxy) is 2. The second-order valence-corrected chi connectivity index (χ2v) is 7.01. The van der Waals surface area contributed by atoms with Gasteiger partial charge in [0.1, 0.15) is 17.4 Å². The first-order valence-corrected chi connectivity index (χ1v) is 8.68. The summed E-state index contributed by atoms with van der Waals surface area (Å²) in [5, 5.41) is 1.34. The molecule has 23 heavy (non-hydrogen) atoms. The zero-order valence-electron chi connectivity index (χ0n) is 11.8. The summed E-state index contributed by atoms with van der Waals surface area (Å²) in [5.41, 5.74) is 0.907. The zero-order chi connectivity index (χ0) is 16.2. The van der Waals surface area contributed by atoms with E-state index in [1.165, 1.54) is 11.3 Å². The average molecular weight is 413 g/mol. The van der Waals surface area contributed by atoms with E-state index in [1.54, 1.807) is 18.2 Å². The van der Waals surface area contributed by atoms with Crippen LogP contribution in [0.4, 0.5) is 0 Å². The lowest BCUT2D eigenvalue weighted by Gasteiger charge is -2.08. The summed E-state index contributed by atoms with van der Waals surface area (Å²) in [4.78, 5) is 16.2. The number of hydrogen-bond acceptors (Lipinski definition) is 5. The predicted molar refractivity (Wildman–Crippen MR) is 94.1 cm³/mol. The summed E-state index contributed by atoms with van der Waals surface area (Å²) in [7, 11) is 0. The van der Waals surface area contributed by atoms with Gasteiger partial charge >= 0.3 is 5.97 Å². The highest BCUT2D eigenvalue weighted by Gasteiger charge is 2.10. The van der Waals surface area contributed by atoms with E-state index in [9.17, 15) is 4.79 Å². The van der Waals surface area contributed by atoms with Crippen molar-refractivity contribution >= 4 is 55.1 Å². The highest BCUT2D eigenvalue weighted by molar-refractivity contribution is 9.10. The van der Waals surface area contributed by atoms with Crippen LogP contribution in [0.1, 0.15) is 5.01 Å². The molecular weight excluding hydrogens is 402 g/mol. The van der Waals surface area contributed by atoms with Crippen molar-refractivity contribution < 1.29 is 14.3 Å². The van der Waals surface area contributed by atoms with E-state index in [-0.39, 0.29) is 13.2 Å². The van der Waals surface area contributed by atoms with Crippen LogP contribution in [0.2, 0.25) is 5.02 Å². The molecule has 0 amide bonds. The Morgan fingerprint density at radius 2 is 2.09 bits per heavy atom. The molecule has 0 radical (unpaired) electrons. The molecule has 0 aliphatic carbocycles. The van der Waals surface area contributed by atoms with E-state index in [0.717, 1.165) is 15.2 Å². The maximum absolute atomic E-state index is 11.8. The van der Waals surface area contributed by atoms with Crippen LogP contribution in [-0.2, 0) is 16.1 Å². The summed E-state index contributed by atoms with van der Waals surface area (Å²) in [5.74, 6) is 0.0810. The van der Waals surface area contributed by atoms with Gasteiger partial charge in [-0.25, -0.2) is 9.78 Å². The highest BCUT2D eigenvalue weighted by Crippen LogP contribution is 2.28. The first-order chi connectivity index (χ1) is 11.1. The number of benzene rings is 2. The first-order valence-electron chi connectivity index (χ1n) is 6.70. The van der Waals surface area contributed by atoms with Crippen LogP contribution in [0.25, 0.3) is 10.2 Å². The van der Waals surface area contributed by atoms with Crippen LogP contribution in [0.15, 0.2) is 46.9 Å². The molecule has 0 N–H and O–H groups in total. The third-order valence-corrected chi connectivity index (χ3v) is 4.80. The number of rotatable bonds is 5. The molecule has 1 aromatic heterocycles. The van der Waals surface area contributed by atoms with Gasteiger partial charge in [-0.05, 0) is 46.3 Å². The van der Waals surface area contributed by atoms with Gasteiger partial charge in [0.05, 0.1) is 14.7 Å². The molecule has 0 unspecified atom stereocenters. The highest BCUT2D eigenvalue weighted by atomic mass is 79.9. The van der Waals surface area contributed by atoms with Crippen molar-refractivity contribution in [3.8, 4) is 5.75 Å². The lowest BCUT2D eigenvalue weighted by atomic mass is 10.3. The van der Waals surface area contributed by atoms with Gasteiger partial charge in [-0.2, -0.15) is 0 Å². The summed E-state index contributed by atoms with van der Waals surface area (Å²) < 4.78 is 12.3. The van der Waals surface area contributed by atoms with E-state index in [0.29, 0.717) is 15.2 Å². The third-order valence-electron chi connectivity index (χ3n) is 2.93. The smallest absolute Gasteiger partial charge is 0.344 e. The standard InChI is InChI=1S/C16H11BrClNO3S/c17-11-7-10(18)5-6-13(11)21-9-16(20)22-8-15-19-12-3-1-2-4-14(12)23-15/h1-7H,8-9H2. The van der Waals surface area contributed by atoms with E-state index in [1.807, 2.05) is 24.3 Å². The first kappa shape index (κ1) is 16.2. The number of para-hydroxylation sites is 1. The number of carbonyl (C=O) groups is 1. The molecule has 4 nitrogen and oxygen atoms in total. The van der Waals surface area contributed by atoms with Crippen molar-refractivity contribution in [2.75, 3.05) is 6.61 Å². The molecule has 0 aliphatic rings. The largest absolute Gasteiger partial charge is 0.481 e. The minimum Gasteiger partial charge on any atom is -0.481 e. The lowest BCUT2D eigenvalue weighted by Crippen LogP contribution is -2.14. The van der Waals surface area contributed by atoms with Crippen LogP contribution < -0.4 is 4.74 Å². The summed E-state index contributed by atoms with van der Waals surface area (Å²) in [6, 6.07) is 12.9. The van der Waals surface area contributed by atoms with Gasteiger partial charge in [-0.1, -0.05) is 23.7 Å². The molecular formula is C16H11BrClNO3S. The fourth-order valence-electron chi connectivity index (χ4n) is 1.89. The molecule has 0 aliphatic heterocycles. The topological polar surface area (TPSA) is 48.4 Å². The van der Waals surface area contributed by atoms with Gasteiger partial charge < -0.3 is 9.47 Å². The predicted octanol–water partition coefficient (Wildman–Crippen LogP) is 4.83. The van der Waals surface area contributed by atoms with Crippen LogP contribution in [0.5, 0.6) is 5.75 Å². The number of halogens is 2. The number of carbonyl (C=O) groups excluding carboxylic acids is 1. The lowest BCUT2D eigenvalue weighted by molar-refractivity contribution is -0.147. The molecule has 0 saturated heterocycles. The number of esters is 1. The monoisotopic (exact) mass is 411 g/mol. The summed E-state index contributed by atoms with van der Waals surface area (Å²) in [6.07, 6.45) is 0. The Morgan fingerprint density at radius 1 is 1.26 bits per heavy atom. The van der Waals surface area contributed by atoms with E-state index in [2.05, 4.69) is 20.9 Å². The van der Waals surface area contributed by atoms with Crippen molar-refractivity contribution in [2.24, 2.45) is 0 Å². The zero-order valence-corrected chi connectivity index (χ0v) is 15.0. The summed E-state index contributed by atoms with van der Waals surface area (Å²) in [6.45, 7) is -0.0333. The molecule has 0 saturated carbocycles. The number of thiazole rings is 1. The molecule has 7 heteroatoms. The molecule has 1 heterocycles. The van der Waals surface area contributed by atoms with E-state index < -0.39 is 5.97 Å². The van der Waals surface area contributed by atoms with Gasteiger partial charge in [0.2, 0.25) is 0 Å². The third kappa shape index (κ3) is 4.22. The quantitative estimate of drug-likeness (QED) is 0.563. The maximum atomic E-state index is 11.8. The van der Waals surface area contributed by atoms with Crippen molar-refractivity contribution in [1.82, 2.24) is 4.98 Å². The molecule has 0 bridgehead atoms. The van der Waals surface area contributed by atoms with Gasteiger partial charge in [-0.15, -0.1) is 11.3 Å². The minimum atomic E-state index is -0.453. The van der Waals surface area contributed by atoms with Gasteiger partial charge in [-0.3, -0.25) is 0 Å². The molecule has 3 aromatic rings. The van der Waals surface area contributed by atoms with Gasteiger partial charge in [0, 0.05) is 5.02 Å². The Bertz CT molecular complexity index is 819. The Labute approximate surface area is 150 Å². The Morgan fingerprint density at radius 3 is 2.87 bits per heavy atom. The number of aromatic nitrogens is 1. The molecule has 0 fully saturated rings. The van der Waals surface area contributed by atoms with Crippen LogP contribution in [-0.4, -0.2) is 17.6 Å². The number of fused-ring (bicyclic) bond motifs is 1. The summed E-state index contributed by atoms with van der Waals surface area (Å²) >= 11 is 10.7. The maximum Gasteiger partial charge on any atom is 0.344 e. The van der Waals surface area contributed by atoms with Crippen LogP contribution in [0, 0.1) is 0 Å². The van der Waals surface area contributed by atoms with Crippen LogP contribution >= 0.6 is 38.9 Å². The fraction of sp³-hybridized carbons (Fsp3) is 0.125. The van der Waals surface area contributed by atoms with Crippen molar-refractivity contribution in [2.45, 2.75) is 6.61 Å². The normalized spacial score (nSPS) is 10.7. The van der Waals surface area contributed by atoms with Crippen molar-refractivity contribution in [1.29, 1.82) is 0 Å². The Balaban J connectivity index is 1.53. The van der Waals surface area contributed by atoms with Crippen LogP contribution in [0.3, 0.4) is 0 Å². The average Bonchev–Trinajstić information content (AvgIpc) is 2.95. The number of nitrogens with zero attached hydrogens (tertiary/aromatic N) is 1.